The van der Waals surface area contributed by atoms with E-state index in [9.17, 15) is 9.59 Å². The van der Waals surface area contributed by atoms with Gasteiger partial charge in [0.2, 0.25) is 5.91 Å². The molecule has 1 heterocycles. The predicted octanol–water partition coefficient (Wildman–Crippen LogP) is 1.39. The molecule has 3 N–H and O–H groups in total. The number of halogens is 1. The van der Waals surface area contributed by atoms with Gasteiger partial charge >= 0.3 is 0 Å². The molecule has 0 aliphatic carbocycles. The lowest BCUT2D eigenvalue weighted by atomic mass is 10.1. The maximum Gasteiger partial charge on any atom is 0.251 e. The number of hydrogen-bond donors (Lipinski definition) is 3. The molecule has 6 heteroatoms. The van der Waals surface area contributed by atoms with Crippen molar-refractivity contribution >= 4 is 29.1 Å². The molecule has 102 valence electrons. The van der Waals surface area contributed by atoms with Crippen molar-refractivity contribution in [2.75, 3.05) is 18.9 Å². The van der Waals surface area contributed by atoms with Crippen LogP contribution in [0.1, 0.15) is 23.2 Å². The molecule has 1 fully saturated rings. The molecule has 1 aromatic carbocycles. The summed E-state index contributed by atoms with van der Waals surface area (Å²) in [7, 11) is 1.55. The number of nitrogens with one attached hydrogen (secondary N) is 3. The highest BCUT2D eigenvalue weighted by Crippen LogP contribution is 2.23. The van der Waals surface area contributed by atoms with Crippen LogP contribution in [0.4, 0.5) is 5.69 Å². The van der Waals surface area contributed by atoms with Crippen LogP contribution < -0.4 is 16.0 Å². The highest BCUT2D eigenvalue weighted by Gasteiger charge is 2.22. The summed E-state index contributed by atoms with van der Waals surface area (Å²) in [6.07, 6.45) is 1.81. The van der Waals surface area contributed by atoms with Crippen LogP contribution in [0.15, 0.2) is 18.2 Å². The van der Waals surface area contributed by atoms with Crippen LogP contribution in [-0.4, -0.2) is 31.4 Å². The summed E-state index contributed by atoms with van der Waals surface area (Å²) in [5.41, 5.74) is 0.919. The van der Waals surface area contributed by atoms with Gasteiger partial charge in [-0.05, 0) is 37.6 Å². The highest BCUT2D eigenvalue weighted by molar-refractivity contribution is 6.34. The number of benzene rings is 1. The summed E-state index contributed by atoms with van der Waals surface area (Å²) in [5, 5.41) is 8.81. The standard InChI is InChI=1S/C13H16ClN3O2/c1-15-12(18)8-4-5-9(14)11(7-8)17-13(19)10-3-2-6-16-10/h4-5,7,10,16H,2-3,6H2,1H3,(H,15,18)(H,17,19)/t10-/m0/s1. The third-order valence-corrected chi connectivity index (χ3v) is 3.42. The fraction of sp³-hybridized carbons (Fsp3) is 0.385. The molecule has 1 atom stereocenters. The first-order valence-corrected chi connectivity index (χ1v) is 6.55. The molecular formula is C13H16ClN3O2. The molecule has 0 spiro atoms. The monoisotopic (exact) mass is 281 g/mol. The zero-order valence-electron chi connectivity index (χ0n) is 10.6. The molecule has 1 saturated heterocycles. The Balaban J connectivity index is 2.14. The SMILES string of the molecule is CNC(=O)c1ccc(Cl)c(NC(=O)[C@@H]2CCCN2)c1. The van der Waals surface area contributed by atoms with Gasteiger partial charge in [0.15, 0.2) is 0 Å². The van der Waals surface area contributed by atoms with Crippen LogP contribution >= 0.6 is 11.6 Å². The lowest BCUT2D eigenvalue weighted by Crippen LogP contribution is -2.35. The van der Waals surface area contributed by atoms with E-state index >= 15 is 0 Å². The van der Waals surface area contributed by atoms with Crippen molar-refractivity contribution in [2.24, 2.45) is 0 Å². The van der Waals surface area contributed by atoms with Gasteiger partial charge in [-0.3, -0.25) is 9.59 Å². The average Bonchev–Trinajstić information content (AvgIpc) is 2.94. The molecule has 1 aromatic rings. The first-order valence-electron chi connectivity index (χ1n) is 6.17. The molecule has 0 unspecified atom stereocenters. The average molecular weight is 282 g/mol. The van der Waals surface area contributed by atoms with E-state index in [1.807, 2.05) is 0 Å². The van der Waals surface area contributed by atoms with E-state index in [2.05, 4.69) is 16.0 Å². The van der Waals surface area contributed by atoms with Crippen LogP contribution in [0.25, 0.3) is 0 Å². The van der Waals surface area contributed by atoms with Gasteiger partial charge in [-0.15, -0.1) is 0 Å². The van der Waals surface area contributed by atoms with Gasteiger partial charge < -0.3 is 16.0 Å². The van der Waals surface area contributed by atoms with Gasteiger partial charge in [-0.25, -0.2) is 0 Å². The summed E-state index contributed by atoms with van der Waals surface area (Å²) in [4.78, 5) is 23.5. The summed E-state index contributed by atoms with van der Waals surface area (Å²) < 4.78 is 0. The van der Waals surface area contributed by atoms with E-state index in [0.29, 0.717) is 16.3 Å². The van der Waals surface area contributed by atoms with Gasteiger partial charge in [0.1, 0.15) is 0 Å². The molecule has 2 amide bonds. The number of anilines is 1. The van der Waals surface area contributed by atoms with Gasteiger partial charge in [-0.1, -0.05) is 11.6 Å². The van der Waals surface area contributed by atoms with Crippen molar-refractivity contribution < 1.29 is 9.59 Å². The fourth-order valence-electron chi connectivity index (χ4n) is 2.03. The third-order valence-electron chi connectivity index (χ3n) is 3.09. The van der Waals surface area contributed by atoms with Crippen LogP contribution in [0, 0.1) is 0 Å². The van der Waals surface area contributed by atoms with Crippen molar-refractivity contribution in [3.05, 3.63) is 28.8 Å². The smallest absolute Gasteiger partial charge is 0.251 e. The minimum atomic E-state index is -0.217. The summed E-state index contributed by atoms with van der Waals surface area (Å²) in [5.74, 6) is -0.334. The number of hydrogen-bond acceptors (Lipinski definition) is 3. The van der Waals surface area contributed by atoms with Crippen LogP contribution in [-0.2, 0) is 4.79 Å². The Labute approximate surface area is 116 Å². The minimum absolute atomic E-state index is 0.117. The maximum absolute atomic E-state index is 12.0. The molecule has 1 aliphatic rings. The zero-order chi connectivity index (χ0) is 13.8. The highest BCUT2D eigenvalue weighted by atomic mass is 35.5. The molecular weight excluding hydrogens is 266 g/mol. The molecule has 5 nitrogen and oxygen atoms in total. The van der Waals surface area contributed by atoms with E-state index in [0.717, 1.165) is 19.4 Å². The van der Waals surface area contributed by atoms with E-state index < -0.39 is 0 Å². The van der Waals surface area contributed by atoms with Gasteiger partial charge in [-0.2, -0.15) is 0 Å². The molecule has 0 radical (unpaired) electrons. The second-order valence-electron chi connectivity index (χ2n) is 4.41. The Morgan fingerprint density at radius 1 is 1.42 bits per heavy atom. The molecule has 19 heavy (non-hydrogen) atoms. The van der Waals surface area contributed by atoms with E-state index in [1.54, 1.807) is 25.2 Å². The van der Waals surface area contributed by atoms with Crippen molar-refractivity contribution in [1.82, 2.24) is 10.6 Å². The van der Waals surface area contributed by atoms with Gasteiger partial charge in [0.05, 0.1) is 16.8 Å². The second kappa shape index (κ2) is 6.04. The quantitative estimate of drug-likeness (QED) is 0.784. The lowest BCUT2D eigenvalue weighted by molar-refractivity contribution is -0.117. The molecule has 0 saturated carbocycles. The second-order valence-corrected chi connectivity index (χ2v) is 4.82. The number of amides is 2. The number of carbonyl (C=O) groups excluding carboxylic acids is 2. The number of carbonyl (C=O) groups is 2. The summed E-state index contributed by atoms with van der Waals surface area (Å²) in [6, 6.07) is 4.61. The summed E-state index contributed by atoms with van der Waals surface area (Å²) in [6.45, 7) is 0.851. The fourth-order valence-corrected chi connectivity index (χ4v) is 2.20. The lowest BCUT2D eigenvalue weighted by Gasteiger charge is -2.13. The van der Waals surface area contributed by atoms with Crippen molar-refractivity contribution in [1.29, 1.82) is 0 Å². The summed E-state index contributed by atoms with van der Waals surface area (Å²) >= 11 is 6.03. The first-order chi connectivity index (χ1) is 9.11. The van der Waals surface area contributed by atoms with Crippen LogP contribution in [0.3, 0.4) is 0 Å². The van der Waals surface area contributed by atoms with Crippen molar-refractivity contribution in [2.45, 2.75) is 18.9 Å². The largest absolute Gasteiger partial charge is 0.355 e. The van der Waals surface area contributed by atoms with E-state index in [-0.39, 0.29) is 17.9 Å². The van der Waals surface area contributed by atoms with Gasteiger partial charge in [0.25, 0.3) is 5.91 Å². The van der Waals surface area contributed by atoms with Crippen molar-refractivity contribution in [3.63, 3.8) is 0 Å². The van der Waals surface area contributed by atoms with Gasteiger partial charge in [0, 0.05) is 12.6 Å². The van der Waals surface area contributed by atoms with Crippen molar-refractivity contribution in [3.8, 4) is 0 Å². The molecule has 0 bridgehead atoms. The van der Waals surface area contributed by atoms with E-state index in [1.165, 1.54) is 0 Å². The Bertz CT molecular complexity index is 499. The van der Waals surface area contributed by atoms with Crippen LogP contribution in [0.2, 0.25) is 5.02 Å². The minimum Gasteiger partial charge on any atom is -0.355 e. The van der Waals surface area contributed by atoms with Crippen LogP contribution in [0.5, 0.6) is 0 Å². The van der Waals surface area contributed by atoms with E-state index in [4.69, 9.17) is 11.6 Å². The topological polar surface area (TPSA) is 70.2 Å². The first kappa shape index (κ1) is 13.8. The Kier molecular flexibility index (Phi) is 4.39. The molecule has 1 aliphatic heterocycles. The maximum atomic E-state index is 12.0. The molecule has 2 rings (SSSR count). The Morgan fingerprint density at radius 2 is 2.21 bits per heavy atom. The predicted molar refractivity (Wildman–Crippen MR) is 74.5 cm³/mol. The number of rotatable bonds is 3. The Hall–Kier alpha value is -1.59. The zero-order valence-corrected chi connectivity index (χ0v) is 11.4. The third kappa shape index (κ3) is 3.24. The molecule has 0 aromatic heterocycles. The Morgan fingerprint density at radius 3 is 2.84 bits per heavy atom. The normalized spacial score (nSPS) is 18.1.